The van der Waals surface area contributed by atoms with Gasteiger partial charge in [-0.15, -0.1) is 0 Å². The SMILES string of the molecule is CC(N)c1ccc(N2CC3(CC3)C2)cc1. The lowest BCUT2D eigenvalue weighted by molar-refractivity contribution is 0.387. The minimum absolute atomic E-state index is 0.144. The molecule has 2 N–H and O–H groups in total. The van der Waals surface area contributed by atoms with Gasteiger partial charge in [0.15, 0.2) is 0 Å². The highest BCUT2D eigenvalue weighted by Crippen LogP contribution is 2.53. The van der Waals surface area contributed by atoms with Crippen LogP contribution in [0.25, 0.3) is 0 Å². The molecule has 2 nitrogen and oxygen atoms in total. The topological polar surface area (TPSA) is 29.3 Å². The minimum atomic E-state index is 0.144. The molecule has 1 saturated carbocycles. The Balaban J connectivity index is 1.71. The fourth-order valence-corrected chi connectivity index (χ4v) is 2.43. The molecule has 1 aromatic carbocycles. The van der Waals surface area contributed by atoms with Crippen molar-refractivity contribution < 1.29 is 0 Å². The zero-order valence-electron chi connectivity index (χ0n) is 9.24. The highest BCUT2D eigenvalue weighted by Gasteiger charge is 2.52. The van der Waals surface area contributed by atoms with Crippen molar-refractivity contribution in [3.8, 4) is 0 Å². The van der Waals surface area contributed by atoms with Crippen LogP contribution in [0.5, 0.6) is 0 Å². The molecule has 3 rings (SSSR count). The van der Waals surface area contributed by atoms with Gasteiger partial charge in [0.2, 0.25) is 0 Å². The lowest BCUT2D eigenvalue weighted by atomic mass is 9.95. The molecule has 0 bridgehead atoms. The molecule has 1 heterocycles. The monoisotopic (exact) mass is 202 g/mol. The van der Waals surface area contributed by atoms with Crippen LogP contribution in [0.15, 0.2) is 24.3 Å². The van der Waals surface area contributed by atoms with E-state index in [1.165, 1.54) is 37.2 Å². The smallest absolute Gasteiger partial charge is 0.0366 e. The first kappa shape index (κ1) is 9.22. The van der Waals surface area contributed by atoms with E-state index in [1.807, 2.05) is 6.92 Å². The van der Waals surface area contributed by atoms with Crippen molar-refractivity contribution in [1.82, 2.24) is 0 Å². The van der Waals surface area contributed by atoms with E-state index in [-0.39, 0.29) is 6.04 Å². The molecule has 0 aromatic heterocycles. The highest BCUT2D eigenvalue weighted by molar-refractivity contribution is 5.52. The quantitative estimate of drug-likeness (QED) is 0.797. The molecule has 1 aromatic rings. The van der Waals surface area contributed by atoms with Gasteiger partial charge in [0.25, 0.3) is 0 Å². The van der Waals surface area contributed by atoms with Crippen molar-refractivity contribution in [3.05, 3.63) is 29.8 Å². The predicted octanol–water partition coefficient (Wildman–Crippen LogP) is 2.31. The molecule has 1 atom stereocenters. The highest BCUT2D eigenvalue weighted by atomic mass is 15.2. The van der Waals surface area contributed by atoms with Gasteiger partial charge in [0.1, 0.15) is 0 Å². The summed E-state index contributed by atoms with van der Waals surface area (Å²) in [5, 5.41) is 0. The van der Waals surface area contributed by atoms with Crippen LogP contribution in [0.4, 0.5) is 5.69 Å². The summed E-state index contributed by atoms with van der Waals surface area (Å²) >= 11 is 0. The summed E-state index contributed by atoms with van der Waals surface area (Å²) in [5.74, 6) is 0. The van der Waals surface area contributed by atoms with E-state index in [0.717, 1.165) is 5.41 Å². The first-order valence-corrected chi connectivity index (χ1v) is 5.79. The van der Waals surface area contributed by atoms with Crippen LogP contribution in [0, 0.1) is 5.41 Å². The Bertz CT molecular complexity index is 355. The number of nitrogens with zero attached hydrogens (tertiary/aromatic N) is 1. The van der Waals surface area contributed by atoms with Gasteiger partial charge in [0, 0.05) is 30.2 Å². The Hall–Kier alpha value is -1.02. The molecule has 1 unspecified atom stereocenters. The van der Waals surface area contributed by atoms with Gasteiger partial charge < -0.3 is 10.6 Å². The van der Waals surface area contributed by atoms with E-state index in [0.29, 0.717) is 0 Å². The molecule has 15 heavy (non-hydrogen) atoms. The maximum Gasteiger partial charge on any atom is 0.0366 e. The molecule has 1 spiro atoms. The van der Waals surface area contributed by atoms with Crippen LogP contribution in [-0.2, 0) is 0 Å². The Labute approximate surface area is 91.1 Å². The van der Waals surface area contributed by atoms with E-state index >= 15 is 0 Å². The molecule has 0 radical (unpaired) electrons. The molecule has 2 heteroatoms. The van der Waals surface area contributed by atoms with Gasteiger partial charge in [0.05, 0.1) is 0 Å². The Morgan fingerprint density at radius 3 is 2.27 bits per heavy atom. The van der Waals surface area contributed by atoms with E-state index in [1.54, 1.807) is 0 Å². The van der Waals surface area contributed by atoms with Crippen molar-refractivity contribution in [2.45, 2.75) is 25.8 Å². The van der Waals surface area contributed by atoms with E-state index < -0.39 is 0 Å². The molecule has 80 valence electrons. The van der Waals surface area contributed by atoms with E-state index in [9.17, 15) is 0 Å². The van der Waals surface area contributed by atoms with Crippen molar-refractivity contribution in [1.29, 1.82) is 0 Å². The van der Waals surface area contributed by atoms with Gasteiger partial charge in [-0.3, -0.25) is 0 Å². The van der Waals surface area contributed by atoms with Crippen LogP contribution < -0.4 is 10.6 Å². The normalized spacial score (nSPS) is 23.7. The van der Waals surface area contributed by atoms with Crippen LogP contribution in [0.1, 0.15) is 31.4 Å². The summed E-state index contributed by atoms with van der Waals surface area (Å²) in [6.45, 7) is 4.56. The van der Waals surface area contributed by atoms with Crippen molar-refractivity contribution in [3.63, 3.8) is 0 Å². The molecule has 1 saturated heterocycles. The largest absolute Gasteiger partial charge is 0.370 e. The molecule has 2 aliphatic rings. The van der Waals surface area contributed by atoms with Gasteiger partial charge in [-0.25, -0.2) is 0 Å². The number of hydrogen-bond donors (Lipinski definition) is 1. The van der Waals surface area contributed by atoms with Crippen LogP contribution in [0.2, 0.25) is 0 Å². The average Bonchev–Trinajstić information content (AvgIpc) is 2.95. The number of anilines is 1. The number of rotatable bonds is 2. The molecular weight excluding hydrogens is 184 g/mol. The first-order valence-electron chi connectivity index (χ1n) is 5.79. The van der Waals surface area contributed by atoms with Crippen LogP contribution in [-0.4, -0.2) is 13.1 Å². The minimum Gasteiger partial charge on any atom is -0.370 e. The Morgan fingerprint density at radius 2 is 1.80 bits per heavy atom. The maximum absolute atomic E-state index is 5.83. The molecule has 1 aliphatic heterocycles. The summed E-state index contributed by atoms with van der Waals surface area (Å²) < 4.78 is 0. The van der Waals surface area contributed by atoms with Crippen LogP contribution in [0.3, 0.4) is 0 Å². The Kier molecular flexibility index (Phi) is 1.84. The third-order valence-corrected chi connectivity index (χ3v) is 3.79. The zero-order chi connectivity index (χ0) is 10.5. The van der Waals surface area contributed by atoms with Crippen molar-refractivity contribution >= 4 is 5.69 Å². The summed E-state index contributed by atoms with van der Waals surface area (Å²) in [5.41, 5.74) is 9.14. The lowest BCUT2D eigenvalue weighted by Gasteiger charge is -2.42. The van der Waals surface area contributed by atoms with Crippen molar-refractivity contribution in [2.24, 2.45) is 11.1 Å². The lowest BCUT2D eigenvalue weighted by Crippen LogP contribution is -2.48. The summed E-state index contributed by atoms with van der Waals surface area (Å²) in [4.78, 5) is 2.47. The summed E-state index contributed by atoms with van der Waals surface area (Å²) in [6, 6.07) is 8.85. The van der Waals surface area contributed by atoms with E-state index in [4.69, 9.17) is 5.73 Å². The third-order valence-electron chi connectivity index (χ3n) is 3.79. The summed E-state index contributed by atoms with van der Waals surface area (Å²) in [6.07, 6.45) is 2.89. The van der Waals surface area contributed by atoms with Gasteiger partial charge in [-0.1, -0.05) is 12.1 Å². The first-order chi connectivity index (χ1) is 7.19. The molecular formula is C13H18N2. The fourth-order valence-electron chi connectivity index (χ4n) is 2.43. The number of hydrogen-bond acceptors (Lipinski definition) is 2. The summed E-state index contributed by atoms with van der Waals surface area (Å²) in [7, 11) is 0. The maximum atomic E-state index is 5.83. The standard InChI is InChI=1S/C13H18N2/c1-10(14)11-2-4-12(5-3-11)15-8-13(9-15)6-7-13/h2-5,10H,6-9,14H2,1H3. The second-order valence-electron chi connectivity index (χ2n) is 5.24. The van der Waals surface area contributed by atoms with Crippen LogP contribution >= 0.6 is 0 Å². The average molecular weight is 202 g/mol. The Morgan fingerprint density at radius 1 is 1.20 bits per heavy atom. The second-order valence-corrected chi connectivity index (χ2v) is 5.24. The fraction of sp³-hybridized carbons (Fsp3) is 0.538. The molecule has 2 fully saturated rings. The van der Waals surface area contributed by atoms with Gasteiger partial charge >= 0.3 is 0 Å². The number of benzene rings is 1. The molecule has 1 aliphatic carbocycles. The van der Waals surface area contributed by atoms with Crippen molar-refractivity contribution in [2.75, 3.05) is 18.0 Å². The van der Waals surface area contributed by atoms with Gasteiger partial charge in [-0.05, 0) is 37.5 Å². The van der Waals surface area contributed by atoms with Gasteiger partial charge in [-0.2, -0.15) is 0 Å². The van der Waals surface area contributed by atoms with E-state index in [2.05, 4.69) is 29.2 Å². The zero-order valence-corrected chi connectivity index (χ0v) is 9.24. The second kappa shape index (κ2) is 2.99. The number of nitrogens with two attached hydrogens (primary N) is 1. The predicted molar refractivity (Wildman–Crippen MR) is 62.9 cm³/mol. The molecule has 0 amide bonds. The third kappa shape index (κ3) is 1.53.